The number of hydrogen-bond acceptors (Lipinski definition) is 2. The molecule has 2 N–H and O–H groups in total. The van der Waals surface area contributed by atoms with Gasteiger partial charge in [0.05, 0.1) is 0 Å². The summed E-state index contributed by atoms with van der Waals surface area (Å²) in [5, 5.41) is 7.43. The van der Waals surface area contributed by atoms with Gasteiger partial charge < -0.3 is 10.6 Å². The summed E-state index contributed by atoms with van der Waals surface area (Å²) in [6.45, 7) is 15.9. The third-order valence-electron chi connectivity index (χ3n) is 4.54. The average molecular weight is 272 g/mol. The standard InChI is InChI=1S/C17H32N2.Li.H/c1-16(2,3)18-10-14-12-7-8-13(9-12)15(14)11-19-17(4,5)6;;/h7-8,12-15,18-19H,9-11H2,1-6H3;;. The van der Waals surface area contributed by atoms with Gasteiger partial charge in [0, 0.05) is 11.1 Å². The summed E-state index contributed by atoms with van der Waals surface area (Å²) in [6, 6.07) is 0. The molecule has 0 aromatic carbocycles. The van der Waals surface area contributed by atoms with Crippen molar-refractivity contribution in [1.29, 1.82) is 0 Å². The Morgan fingerprint density at radius 1 is 0.800 bits per heavy atom. The number of fused-ring (bicyclic) bond motifs is 2. The van der Waals surface area contributed by atoms with E-state index in [0.717, 1.165) is 36.8 Å². The Morgan fingerprint density at radius 2 is 1.15 bits per heavy atom. The van der Waals surface area contributed by atoms with Crippen molar-refractivity contribution < 1.29 is 0 Å². The second kappa shape index (κ2) is 6.57. The third-order valence-corrected chi connectivity index (χ3v) is 4.54. The molecule has 20 heavy (non-hydrogen) atoms. The molecular formula is C17H33LiN2. The minimum absolute atomic E-state index is 0. The molecule has 0 aromatic heterocycles. The van der Waals surface area contributed by atoms with Crippen LogP contribution in [-0.2, 0) is 0 Å². The van der Waals surface area contributed by atoms with Crippen LogP contribution in [0.25, 0.3) is 0 Å². The van der Waals surface area contributed by atoms with Gasteiger partial charge >= 0.3 is 18.9 Å². The first-order chi connectivity index (χ1) is 8.66. The van der Waals surface area contributed by atoms with E-state index in [4.69, 9.17) is 0 Å². The third kappa shape index (κ3) is 4.92. The number of hydrogen-bond donors (Lipinski definition) is 2. The van der Waals surface area contributed by atoms with E-state index in [1.165, 1.54) is 6.42 Å². The fraction of sp³-hybridized carbons (Fsp3) is 0.882. The van der Waals surface area contributed by atoms with Crippen LogP contribution in [0.5, 0.6) is 0 Å². The zero-order valence-electron chi connectivity index (χ0n) is 13.6. The van der Waals surface area contributed by atoms with E-state index in [-0.39, 0.29) is 29.9 Å². The van der Waals surface area contributed by atoms with Crippen LogP contribution in [0, 0.1) is 23.7 Å². The normalized spacial score (nSPS) is 32.5. The van der Waals surface area contributed by atoms with Gasteiger partial charge in [-0.1, -0.05) is 12.2 Å². The Kier molecular flexibility index (Phi) is 6.01. The van der Waals surface area contributed by atoms with E-state index in [1.54, 1.807) is 0 Å². The molecule has 3 heteroatoms. The van der Waals surface area contributed by atoms with Crippen LogP contribution in [0.15, 0.2) is 12.2 Å². The molecule has 0 amide bonds. The Balaban J connectivity index is 0.00000200. The molecule has 2 bridgehead atoms. The van der Waals surface area contributed by atoms with Gasteiger partial charge in [-0.3, -0.25) is 0 Å². The summed E-state index contributed by atoms with van der Waals surface area (Å²) in [7, 11) is 0. The Hall–Kier alpha value is 0.257. The van der Waals surface area contributed by atoms with Gasteiger partial charge in [0.25, 0.3) is 0 Å². The molecule has 4 atom stereocenters. The summed E-state index contributed by atoms with van der Waals surface area (Å²) in [4.78, 5) is 0. The van der Waals surface area contributed by atoms with Crippen LogP contribution >= 0.6 is 0 Å². The molecule has 0 aliphatic heterocycles. The topological polar surface area (TPSA) is 24.1 Å². The first kappa shape index (κ1) is 18.3. The zero-order chi connectivity index (χ0) is 14.3. The number of nitrogens with one attached hydrogen (secondary N) is 2. The Bertz CT molecular complexity index is 306. The maximum absolute atomic E-state index is 3.71. The number of allylic oxidation sites excluding steroid dienone is 2. The van der Waals surface area contributed by atoms with Gasteiger partial charge in [-0.15, -0.1) is 0 Å². The molecule has 1 saturated carbocycles. The van der Waals surface area contributed by atoms with Crippen LogP contribution in [0.3, 0.4) is 0 Å². The van der Waals surface area contributed by atoms with Crippen molar-refractivity contribution in [3.63, 3.8) is 0 Å². The molecule has 112 valence electrons. The van der Waals surface area contributed by atoms with Gasteiger partial charge in [0.15, 0.2) is 0 Å². The molecule has 2 aliphatic rings. The van der Waals surface area contributed by atoms with Crippen molar-refractivity contribution in [2.75, 3.05) is 13.1 Å². The summed E-state index contributed by atoms with van der Waals surface area (Å²) in [5.41, 5.74) is 0.459. The van der Waals surface area contributed by atoms with E-state index in [9.17, 15) is 0 Å². The maximum atomic E-state index is 3.71. The average Bonchev–Trinajstić information content (AvgIpc) is 2.81. The predicted octanol–water partition coefficient (Wildman–Crippen LogP) is 2.55. The molecule has 1 fully saturated rings. The van der Waals surface area contributed by atoms with E-state index in [2.05, 4.69) is 64.3 Å². The van der Waals surface area contributed by atoms with Gasteiger partial charge in [-0.2, -0.15) is 0 Å². The SMILES string of the molecule is CC(C)(C)NCC1C2C=CC(C2)C1CNC(C)(C)C.[LiH]. The van der Waals surface area contributed by atoms with Gasteiger partial charge in [0.2, 0.25) is 0 Å². The van der Waals surface area contributed by atoms with Gasteiger partial charge in [-0.05, 0) is 84.7 Å². The van der Waals surface area contributed by atoms with Gasteiger partial charge in [0.1, 0.15) is 0 Å². The Labute approximate surface area is 137 Å². The molecule has 0 saturated heterocycles. The molecule has 0 radical (unpaired) electrons. The van der Waals surface area contributed by atoms with Crippen LogP contribution in [-0.4, -0.2) is 43.0 Å². The molecule has 0 spiro atoms. The zero-order valence-corrected chi connectivity index (χ0v) is 13.6. The minimum atomic E-state index is 0. The van der Waals surface area contributed by atoms with Crippen LogP contribution in [0.2, 0.25) is 0 Å². The fourth-order valence-electron chi connectivity index (χ4n) is 3.48. The quantitative estimate of drug-likeness (QED) is 0.607. The van der Waals surface area contributed by atoms with Crippen molar-refractivity contribution in [3.8, 4) is 0 Å². The van der Waals surface area contributed by atoms with Crippen molar-refractivity contribution in [2.45, 2.75) is 59.0 Å². The predicted molar refractivity (Wildman–Crippen MR) is 90.4 cm³/mol. The first-order valence-electron chi connectivity index (χ1n) is 7.84. The molecular weight excluding hydrogens is 239 g/mol. The van der Waals surface area contributed by atoms with E-state index >= 15 is 0 Å². The van der Waals surface area contributed by atoms with E-state index in [0.29, 0.717) is 0 Å². The van der Waals surface area contributed by atoms with Crippen LogP contribution in [0.4, 0.5) is 0 Å². The molecule has 0 heterocycles. The molecule has 2 nitrogen and oxygen atoms in total. The fourth-order valence-corrected chi connectivity index (χ4v) is 3.48. The van der Waals surface area contributed by atoms with Gasteiger partial charge in [-0.25, -0.2) is 0 Å². The van der Waals surface area contributed by atoms with Crippen molar-refractivity contribution in [3.05, 3.63) is 12.2 Å². The van der Waals surface area contributed by atoms with E-state index in [1.807, 2.05) is 0 Å². The number of rotatable bonds is 4. The summed E-state index contributed by atoms with van der Waals surface area (Å²) in [6.07, 6.45) is 6.31. The summed E-state index contributed by atoms with van der Waals surface area (Å²) >= 11 is 0. The molecule has 2 rings (SSSR count). The second-order valence-corrected chi connectivity index (χ2v) is 8.54. The second-order valence-electron chi connectivity index (χ2n) is 8.54. The van der Waals surface area contributed by atoms with Crippen molar-refractivity contribution in [2.24, 2.45) is 23.7 Å². The summed E-state index contributed by atoms with van der Waals surface area (Å²) in [5.74, 6) is 3.24. The molecule has 0 aromatic rings. The van der Waals surface area contributed by atoms with Crippen molar-refractivity contribution >= 4 is 18.9 Å². The molecule has 2 aliphatic carbocycles. The van der Waals surface area contributed by atoms with Crippen molar-refractivity contribution in [1.82, 2.24) is 10.6 Å². The van der Waals surface area contributed by atoms with E-state index < -0.39 is 0 Å². The van der Waals surface area contributed by atoms with Crippen LogP contribution in [0.1, 0.15) is 48.0 Å². The summed E-state index contributed by atoms with van der Waals surface area (Å²) < 4.78 is 0. The molecule has 4 unspecified atom stereocenters. The first-order valence-corrected chi connectivity index (χ1v) is 7.84. The Morgan fingerprint density at radius 3 is 1.45 bits per heavy atom. The van der Waals surface area contributed by atoms with Crippen LogP contribution < -0.4 is 10.6 Å². The monoisotopic (exact) mass is 272 g/mol.